The molecule has 1 aromatic carbocycles. The number of hydrogen-bond acceptors (Lipinski definition) is 4. The van der Waals surface area contributed by atoms with Crippen molar-refractivity contribution in [3.8, 4) is 0 Å². The highest BCUT2D eigenvalue weighted by molar-refractivity contribution is 5.98. The Labute approximate surface area is 107 Å². The van der Waals surface area contributed by atoms with E-state index in [1.165, 1.54) is 0 Å². The largest absolute Gasteiger partial charge is 0.290 e. The van der Waals surface area contributed by atoms with Gasteiger partial charge < -0.3 is 0 Å². The van der Waals surface area contributed by atoms with E-state index in [1.807, 2.05) is 7.05 Å². The summed E-state index contributed by atoms with van der Waals surface area (Å²) in [7, 11) is 1.84. The molecule has 1 rings (SSSR count). The van der Waals surface area contributed by atoms with Gasteiger partial charge in [-0.1, -0.05) is 31.2 Å². The van der Waals surface area contributed by atoms with Gasteiger partial charge in [0.2, 0.25) is 0 Å². The fourth-order valence-corrected chi connectivity index (χ4v) is 1.52. The summed E-state index contributed by atoms with van der Waals surface area (Å²) >= 11 is 0. The average Bonchev–Trinajstić information content (AvgIpc) is 2.35. The van der Waals surface area contributed by atoms with Crippen molar-refractivity contribution in [1.82, 2.24) is 10.4 Å². The normalized spacial score (nSPS) is 10.9. The Balaban J connectivity index is 2.84. The third-order valence-electron chi connectivity index (χ3n) is 2.21. The maximum Gasteiger partial charge on any atom is 0.267 e. The highest BCUT2D eigenvalue weighted by Crippen LogP contribution is 2.19. The highest BCUT2D eigenvalue weighted by Gasteiger charge is 2.08. The number of nitrogens with two attached hydrogens (primary N) is 1. The molecule has 6 heteroatoms. The monoisotopic (exact) mass is 249 g/mol. The number of carbonyl (C=O) groups excluding carboxylic acids is 1. The van der Waals surface area contributed by atoms with Crippen LogP contribution in [-0.2, 0) is 0 Å². The van der Waals surface area contributed by atoms with Gasteiger partial charge in [0.05, 0.1) is 5.56 Å². The predicted octanol–water partition coefficient (Wildman–Crippen LogP) is 1.88. The third-order valence-corrected chi connectivity index (χ3v) is 2.21. The van der Waals surface area contributed by atoms with Crippen LogP contribution >= 0.6 is 0 Å². The topological polar surface area (TPSA) is 83.1 Å². The lowest BCUT2D eigenvalue weighted by Gasteiger charge is -2.13. The van der Waals surface area contributed by atoms with Crippen LogP contribution in [0.1, 0.15) is 24.2 Å². The Morgan fingerprint density at radius 3 is 2.72 bits per heavy atom. The van der Waals surface area contributed by atoms with Gasteiger partial charge in [-0.2, -0.15) is 0 Å². The fourth-order valence-electron chi connectivity index (χ4n) is 1.52. The first-order valence-corrected chi connectivity index (χ1v) is 5.77. The summed E-state index contributed by atoms with van der Waals surface area (Å²) in [6, 6.07) is 6.92. The van der Waals surface area contributed by atoms with E-state index < -0.39 is 0 Å². The van der Waals surface area contributed by atoms with Crippen molar-refractivity contribution in [2.75, 3.05) is 13.6 Å². The second kappa shape index (κ2) is 6.70. The molecule has 1 aromatic rings. The zero-order chi connectivity index (χ0) is 13.5. The van der Waals surface area contributed by atoms with E-state index in [-0.39, 0.29) is 5.91 Å². The summed E-state index contributed by atoms with van der Waals surface area (Å²) in [6.45, 7) is 5.00. The van der Waals surface area contributed by atoms with Gasteiger partial charge in [0.25, 0.3) is 5.91 Å². The molecule has 0 aromatic heterocycles. The zero-order valence-electron chi connectivity index (χ0n) is 10.9. The Morgan fingerprint density at radius 2 is 2.11 bits per heavy atom. The molecule has 3 N–H and O–H groups in total. The maximum atomic E-state index is 11.5. The predicted molar refractivity (Wildman–Crippen MR) is 70.1 cm³/mol. The minimum atomic E-state index is -0.379. The first kappa shape index (κ1) is 14.1. The first-order chi connectivity index (χ1) is 8.54. The SMILES string of the molecule is CC(C)CN(C)N=Nc1ccccc1C(=O)NN. The lowest BCUT2D eigenvalue weighted by atomic mass is 10.2. The van der Waals surface area contributed by atoms with Gasteiger partial charge in [-0.15, -0.1) is 5.11 Å². The first-order valence-electron chi connectivity index (χ1n) is 5.77. The minimum absolute atomic E-state index is 0.379. The molecule has 0 unspecified atom stereocenters. The fraction of sp³-hybridized carbons (Fsp3) is 0.417. The van der Waals surface area contributed by atoms with Gasteiger partial charge in [0.15, 0.2) is 0 Å². The number of carbonyl (C=O) groups is 1. The van der Waals surface area contributed by atoms with Crippen LogP contribution in [0.4, 0.5) is 5.69 Å². The molecule has 0 bridgehead atoms. The van der Waals surface area contributed by atoms with E-state index in [1.54, 1.807) is 29.3 Å². The number of rotatable bonds is 5. The summed E-state index contributed by atoms with van der Waals surface area (Å²) in [4.78, 5) is 11.5. The molecule has 0 aliphatic heterocycles. The molecule has 0 saturated heterocycles. The number of hydrazine groups is 1. The molecule has 0 saturated carbocycles. The summed E-state index contributed by atoms with van der Waals surface area (Å²) < 4.78 is 0. The molecule has 0 atom stereocenters. The zero-order valence-corrected chi connectivity index (χ0v) is 10.9. The van der Waals surface area contributed by atoms with E-state index in [2.05, 4.69) is 29.6 Å². The van der Waals surface area contributed by atoms with E-state index in [0.717, 1.165) is 6.54 Å². The van der Waals surface area contributed by atoms with Gasteiger partial charge in [-0.05, 0) is 18.1 Å². The van der Waals surface area contributed by atoms with Crippen LogP contribution in [0.25, 0.3) is 0 Å². The summed E-state index contributed by atoms with van der Waals surface area (Å²) in [6.07, 6.45) is 0. The minimum Gasteiger partial charge on any atom is -0.290 e. The van der Waals surface area contributed by atoms with Crippen LogP contribution < -0.4 is 11.3 Å². The number of benzene rings is 1. The number of amides is 1. The van der Waals surface area contributed by atoms with Crippen LogP contribution in [0.5, 0.6) is 0 Å². The highest BCUT2D eigenvalue weighted by atomic mass is 16.2. The molecule has 0 aliphatic rings. The van der Waals surface area contributed by atoms with Crippen molar-refractivity contribution >= 4 is 11.6 Å². The standard InChI is InChI=1S/C12H19N5O/c1-9(2)8-17(3)16-15-11-7-5-4-6-10(11)12(18)14-13/h4-7,9H,8,13H2,1-3H3,(H,14,18). The van der Waals surface area contributed by atoms with E-state index >= 15 is 0 Å². The number of nitrogens with zero attached hydrogens (tertiary/aromatic N) is 3. The van der Waals surface area contributed by atoms with Crippen molar-refractivity contribution in [2.24, 2.45) is 22.1 Å². The second-order valence-corrected chi connectivity index (χ2v) is 4.41. The number of hydrogen-bond donors (Lipinski definition) is 2. The molecular weight excluding hydrogens is 230 g/mol. The molecule has 0 radical (unpaired) electrons. The molecule has 6 nitrogen and oxygen atoms in total. The van der Waals surface area contributed by atoms with Gasteiger partial charge in [0.1, 0.15) is 5.69 Å². The smallest absolute Gasteiger partial charge is 0.267 e. The van der Waals surface area contributed by atoms with Crippen molar-refractivity contribution in [2.45, 2.75) is 13.8 Å². The quantitative estimate of drug-likeness (QED) is 0.362. The maximum absolute atomic E-state index is 11.5. The Bertz CT molecular complexity index is 430. The molecule has 1 amide bonds. The van der Waals surface area contributed by atoms with E-state index in [9.17, 15) is 4.79 Å². The Hall–Kier alpha value is -1.95. The molecule has 0 aliphatic carbocycles. The van der Waals surface area contributed by atoms with Crippen molar-refractivity contribution in [3.63, 3.8) is 0 Å². The summed E-state index contributed by atoms with van der Waals surface area (Å²) in [5, 5.41) is 9.85. The Morgan fingerprint density at radius 1 is 1.44 bits per heavy atom. The lowest BCUT2D eigenvalue weighted by Crippen LogP contribution is -2.30. The Kier molecular flexibility index (Phi) is 5.26. The van der Waals surface area contributed by atoms with Gasteiger partial charge >= 0.3 is 0 Å². The van der Waals surface area contributed by atoms with Crippen LogP contribution in [0.2, 0.25) is 0 Å². The number of nitrogen functional groups attached to an aromatic ring is 1. The molecule has 98 valence electrons. The van der Waals surface area contributed by atoms with Crippen LogP contribution in [0, 0.1) is 5.92 Å². The van der Waals surface area contributed by atoms with Crippen LogP contribution in [-0.4, -0.2) is 24.5 Å². The number of nitrogens with one attached hydrogen (secondary N) is 1. The summed E-state index contributed by atoms with van der Waals surface area (Å²) in [5.41, 5.74) is 2.99. The van der Waals surface area contributed by atoms with E-state index in [4.69, 9.17) is 5.84 Å². The summed E-state index contributed by atoms with van der Waals surface area (Å²) in [5.74, 6) is 5.23. The van der Waals surface area contributed by atoms with Gasteiger partial charge in [-0.25, -0.2) is 5.84 Å². The third kappa shape index (κ3) is 4.14. The van der Waals surface area contributed by atoms with E-state index in [0.29, 0.717) is 17.2 Å². The molecule has 18 heavy (non-hydrogen) atoms. The van der Waals surface area contributed by atoms with Crippen molar-refractivity contribution < 1.29 is 4.79 Å². The van der Waals surface area contributed by atoms with Crippen LogP contribution in [0.3, 0.4) is 0 Å². The van der Waals surface area contributed by atoms with Crippen LogP contribution in [0.15, 0.2) is 34.6 Å². The molecule has 0 heterocycles. The second-order valence-electron chi connectivity index (χ2n) is 4.41. The molecular formula is C12H19N5O. The molecule has 0 fully saturated rings. The van der Waals surface area contributed by atoms with Gasteiger partial charge in [-0.3, -0.25) is 15.2 Å². The van der Waals surface area contributed by atoms with Gasteiger partial charge in [0, 0.05) is 13.6 Å². The molecule has 0 spiro atoms. The lowest BCUT2D eigenvalue weighted by molar-refractivity contribution is 0.0954. The van der Waals surface area contributed by atoms with Crippen molar-refractivity contribution in [3.05, 3.63) is 29.8 Å². The average molecular weight is 249 g/mol. The van der Waals surface area contributed by atoms with Crippen molar-refractivity contribution in [1.29, 1.82) is 0 Å².